The van der Waals surface area contributed by atoms with Crippen molar-refractivity contribution in [2.45, 2.75) is 38.8 Å². The van der Waals surface area contributed by atoms with Gasteiger partial charge in [0.1, 0.15) is 17.3 Å². The summed E-state index contributed by atoms with van der Waals surface area (Å²) >= 11 is 0. The molecule has 0 aliphatic carbocycles. The normalized spacial score (nSPS) is 17.3. The first-order valence-electron chi connectivity index (χ1n) is 9.68. The van der Waals surface area contributed by atoms with Crippen LogP contribution < -0.4 is 10.2 Å². The summed E-state index contributed by atoms with van der Waals surface area (Å²) in [6.07, 6.45) is 2.19. The van der Waals surface area contributed by atoms with E-state index >= 15 is 0 Å². The highest BCUT2D eigenvalue weighted by atomic mass is 19.1. The highest BCUT2D eigenvalue weighted by Gasteiger charge is 2.27. The summed E-state index contributed by atoms with van der Waals surface area (Å²) in [6.45, 7) is 10.7. The Bertz CT molecular complexity index is 923. The number of piperazine rings is 1. The second-order valence-corrected chi connectivity index (χ2v) is 8.05. The summed E-state index contributed by atoms with van der Waals surface area (Å²) in [6, 6.07) is 6.68. The van der Waals surface area contributed by atoms with Crippen molar-refractivity contribution >= 4 is 17.4 Å². The first-order chi connectivity index (χ1) is 13.7. The van der Waals surface area contributed by atoms with Crippen molar-refractivity contribution in [3.63, 3.8) is 0 Å². The summed E-state index contributed by atoms with van der Waals surface area (Å²) in [7, 11) is 0. The molecule has 3 heterocycles. The van der Waals surface area contributed by atoms with Crippen molar-refractivity contribution in [3.8, 4) is 0 Å². The van der Waals surface area contributed by atoms with Crippen molar-refractivity contribution in [2.24, 2.45) is 0 Å². The number of hydrogen-bond acceptors (Lipinski definition) is 6. The minimum Gasteiger partial charge on any atom is -0.390 e. The van der Waals surface area contributed by atoms with E-state index in [1.165, 1.54) is 0 Å². The van der Waals surface area contributed by atoms with Gasteiger partial charge in [0, 0.05) is 48.7 Å². The van der Waals surface area contributed by atoms with E-state index in [-0.39, 0.29) is 23.1 Å². The molecule has 1 saturated heterocycles. The van der Waals surface area contributed by atoms with Crippen LogP contribution >= 0.6 is 0 Å². The maximum atomic E-state index is 14.0. The largest absolute Gasteiger partial charge is 0.390 e. The molecule has 6 nitrogen and oxygen atoms in total. The number of aryl methyl sites for hydroxylation is 1. The van der Waals surface area contributed by atoms with Gasteiger partial charge in [-0.3, -0.25) is 9.78 Å². The number of carbonyl (C=O) groups excluding carboxylic acids is 1. The molecule has 3 rings (SSSR count). The summed E-state index contributed by atoms with van der Waals surface area (Å²) in [4.78, 5) is 23.8. The highest BCUT2D eigenvalue weighted by molar-refractivity contribution is 6.10. The van der Waals surface area contributed by atoms with Crippen molar-refractivity contribution in [3.05, 3.63) is 59.6 Å². The average Bonchev–Trinajstić information content (AvgIpc) is 2.66. The van der Waals surface area contributed by atoms with Crippen LogP contribution in [0.15, 0.2) is 37.0 Å². The van der Waals surface area contributed by atoms with E-state index in [0.29, 0.717) is 36.6 Å². The lowest BCUT2D eigenvalue weighted by Crippen LogP contribution is -2.53. The second-order valence-electron chi connectivity index (χ2n) is 8.05. The predicted molar refractivity (Wildman–Crippen MR) is 112 cm³/mol. The van der Waals surface area contributed by atoms with E-state index in [1.54, 1.807) is 51.2 Å². The number of hydrogen-bond donors (Lipinski definition) is 2. The van der Waals surface area contributed by atoms with E-state index < -0.39 is 11.4 Å². The van der Waals surface area contributed by atoms with E-state index in [1.807, 2.05) is 4.90 Å². The number of pyridine rings is 2. The monoisotopic (exact) mass is 398 g/mol. The van der Waals surface area contributed by atoms with Gasteiger partial charge in [0.05, 0.1) is 5.60 Å². The molecule has 2 aromatic heterocycles. The Kier molecular flexibility index (Phi) is 6.10. The zero-order valence-corrected chi connectivity index (χ0v) is 17.1. The van der Waals surface area contributed by atoms with Crippen molar-refractivity contribution < 1.29 is 14.3 Å². The van der Waals surface area contributed by atoms with Gasteiger partial charge in [-0.15, -0.1) is 0 Å². The Balaban J connectivity index is 1.94. The van der Waals surface area contributed by atoms with Gasteiger partial charge in [-0.2, -0.15) is 0 Å². The van der Waals surface area contributed by atoms with Crippen LogP contribution in [0.3, 0.4) is 0 Å². The van der Waals surface area contributed by atoms with Gasteiger partial charge in [-0.25, -0.2) is 9.37 Å². The summed E-state index contributed by atoms with van der Waals surface area (Å²) < 4.78 is 14.0. The lowest BCUT2D eigenvalue weighted by molar-refractivity contribution is 0.0586. The molecular formula is C22H27FN4O2. The third kappa shape index (κ3) is 5.05. The summed E-state index contributed by atoms with van der Waals surface area (Å²) in [5.41, 5.74) is 0.282. The van der Waals surface area contributed by atoms with Crippen molar-refractivity contribution in [1.29, 1.82) is 0 Å². The van der Waals surface area contributed by atoms with Gasteiger partial charge in [0.2, 0.25) is 5.78 Å². The quantitative estimate of drug-likeness (QED) is 0.729. The van der Waals surface area contributed by atoms with Crippen molar-refractivity contribution in [2.75, 3.05) is 24.5 Å². The van der Waals surface area contributed by atoms with E-state index in [9.17, 15) is 14.3 Å². The molecule has 0 saturated carbocycles. The molecule has 1 aliphatic heterocycles. The van der Waals surface area contributed by atoms with Gasteiger partial charge in [0.15, 0.2) is 0 Å². The molecule has 0 amide bonds. The molecule has 2 aromatic rings. The van der Waals surface area contributed by atoms with Crippen LogP contribution in [0.25, 0.3) is 5.83 Å². The zero-order chi connectivity index (χ0) is 21.2. The summed E-state index contributed by atoms with van der Waals surface area (Å²) in [5, 5.41) is 13.5. The molecule has 1 unspecified atom stereocenters. The second kappa shape index (κ2) is 8.39. The van der Waals surface area contributed by atoms with E-state index in [4.69, 9.17) is 0 Å². The number of nitrogens with one attached hydrogen (secondary N) is 1. The van der Waals surface area contributed by atoms with Gasteiger partial charge < -0.3 is 15.3 Å². The molecule has 154 valence electrons. The van der Waals surface area contributed by atoms with Gasteiger partial charge in [-0.05, 0) is 51.5 Å². The van der Waals surface area contributed by atoms with Gasteiger partial charge >= 0.3 is 0 Å². The molecular weight excluding hydrogens is 371 g/mol. The Hall–Kier alpha value is -2.64. The Morgan fingerprint density at radius 1 is 1.38 bits per heavy atom. The fourth-order valence-corrected chi connectivity index (χ4v) is 3.64. The lowest BCUT2D eigenvalue weighted by atomic mass is 9.97. The third-order valence-electron chi connectivity index (χ3n) is 4.96. The van der Waals surface area contributed by atoms with Gasteiger partial charge in [0.25, 0.3) is 0 Å². The average molecular weight is 398 g/mol. The number of ketones is 1. The molecule has 1 atom stereocenters. The number of carbonyl (C=O) groups is 1. The Labute approximate surface area is 170 Å². The first kappa shape index (κ1) is 21.1. The minimum absolute atomic E-state index is 0.0312. The van der Waals surface area contributed by atoms with Crippen LogP contribution in [0.2, 0.25) is 0 Å². The van der Waals surface area contributed by atoms with E-state index in [2.05, 4.69) is 21.9 Å². The molecule has 7 heteroatoms. The first-order valence-corrected chi connectivity index (χ1v) is 9.68. The van der Waals surface area contributed by atoms with Crippen LogP contribution in [-0.4, -0.2) is 52.1 Å². The molecule has 0 spiro atoms. The molecule has 29 heavy (non-hydrogen) atoms. The smallest absolute Gasteiger partial charge is 0.213 e. The summed E-state index contributed by atoms with van der Waals surface area (Å²) in [5.74, 6) is -0.481. The fraction of sp³-hybridized carbons (Fsp3) is 0.409. The molecule has 0 radical (unpaired) electrons. The number of rotatable bonds is 6. The molecule has 0 aromatic carbocycles. The predicted octanol–water partition coefficient (Wildman–Crippen LogP) is 2.90. The van der Waals surface area contributed by atoms with E-state index in [0.717, 1.165) is 6.54 Å². The molecule has 0 bridgehead atoms. The SMILES string of the molecule is C=C(F)c1ccc(N2CCNC(CC(C)(C)O)C2)nc1C(=O)c1cccnc1C. The zero-order valence-electron chi connectivity index (χ0n) is 17.1. The maximum Gasteiger partial charge on any atom is 0.213 e. The molecule has 2 N–H and O–H groups in total. The van der Waals surface area contributed by atoms with Crippen LogP contribution in [0.5, 0.6) is 0 Å². The molecule has 1 fully saturated rings. The van der Waals surface area contributed by atoms with Crippen molar-refractivity contribution in [1.82, 2.24) is 15.3 Å². The number of anilines is 1. The fourth-order valence-electron chi connectivity index (χ4n) is 3.64. The highest BCUT2D eigenvalue weighted by Crippen LogP contribution is 2.25. The Morgan fingerprint density at radius 3 is 2.79 bits per heavy atom. The van der Waals surface area contributed by atoms with Gasteiger partial charge in [-0.1, -0.05) is 6.58 Å². The number of aromatic nitrogens is 2. The van der Waals surface area contributed by atoms with Crippen LogP contribution in [0.4, 0.5) is 10.2 Å². The number of aliphatic hydroxyl groups is 1. The topological polar surface area (TPSA) is 78.4 Å². The number of halogens is 1. The van der Waals surface area contributed by atoms with Crippen LogP contribution in [0, 0.1) is 6.92 Å². The lowest BCUT2D eigenvalue weighted by Gasteiger charge is -2.37. The standard InChI is InChI=1S/C22H27FN4O2/c1-14(23)17-7-8-19(27-11-10-25-16(13-27)12-22(3,4)29)26-20(17)21(28)18-6-5-9-24-15(18)2/h5-9,16,25,29H,1,10-13H2,2-4H3. The molecule has 1 aliphatic rings. The van der Waals surface area contributed by atoms with Crippen LogP contribution in [0.1, 0.15) is 47.6 Å². The minimum atomic E-state index is -0.789. The number of nitrogens with zero attached hydrogens (tertiary/aromatic N) is 3. The Morgan fingerprint density at radius 2 is 2.14 bits per heavy atom. The maximum absolute atomic E-state index is 14.0. The third-order valence-corrected chi connectivity index (χ3v) is 4.96. The van der Waals surface area contributed by atoms with Crippen LogP contribution in [-0.2, 0) is 0 Å².